The van der Waals surface area contributed by atoms with E-state index in [1.54, 1.807) is 6.08 Å². The molecule has 64 valence electrons. The lowest BCUT2D eigenvalue weighted by Gasteiger charge is -2.11. The number of hydrogen-bond acceptors (Lipinski definition) is 3. The van der Waals surface area contributed by atoms with Gasteiger partial charge >= 0.3 is 0 Å². The maximum Gasteiger partial charge on any atom is 0.247 e. The topological polar surface area (TPSA) is 75.3 Å². The fraction of sp³-hybridized carbons (Fsp3) is 0.571. The number of primary amides is 1. The predicted molar refractivity (Wildman–Crippen MR) is 42.9 cm³/mol. The Kier molecular flexibility index (Phi) is 4.49. The monoisotopic (exact) mass is 158 g/mol. The van der Waals surface area contributed by atoms with Gasteiger partial charge in [-0.2, -0.15) is 0 Å². The molecule has 0 heterocycles. The Morgan fingerprint density at radius 3 is 2.82 bits per heavy atom. The molecule has 2 unspecified atom stereocenters. The van der Waals surface area contributed by atoms with Crippen LogP contribution in [0.4, 0.5) is 0 Å². The molecule has 2 atom stereocenters. The number of hydrogen-bond donors (Lipinski definition) is 3. The van der Waals surface area contributed by atoms with Crippen molar-refractivity contribution in [2.24, 2.45) is 5.73 Å². The van der Waals surface area contributed by atoms with E-state index in [-0.39, 0.29) is 12.6 Å². The van der Waals surface area contributed by atoms with Gasteiger partial charge in [-0.3, -0.25) is 4.79 Å². The van der Waals surface area contributed by atoms with Crippen molar-refractivity contribution < 1.29 is 9.90 Å². The minimum absolute atomic E-state index is 0.0731. The highest BCUT2D eigenvalue weighted by Gasteiger charge is 2.09. The van der Waals surface area contributed by atoms with Gasteiger partial charge in [0.1, 0.15) is 6.10 Å². The Balaban J connectivity index is 3.53. The summed E-state index contributed by atoms with van der Waals surface area (Å²) >= 11 is 0. The van der Waals surface area contributed by atoms with E-state index < -0.39 is 12.0 Å². The van der Waals surface area contributed by atoms with Crippen molar-refractivity contribution in [1.29, 1.82) is 0 Å². The van der Waals surface area contributed by atoms with E-state index in [1.165, 1.54) is 0 Å². The second-order valence-corrected chi connectivity index (χ2v) is 2.35. The predicted octanol–water partition coefficient (Wildman–Crippen LogP) is -1.00. The van der Waals surface area contributed by atoms with Gasteiger partial charge < -0.3 is 16.2 Å². The third kappa shape index (κ3) is 4.52. The van der Waals surface area contributed by atoms with E-state index >= 15 is 0 Å². The van der Waals surface area contributed by atoms with Crippen molar-refractivity contribution >= 4 is 5.91 Å². The normalized spacial score (nSPS) is 15.5. The van der Waals surface area contributed by atoms with Crippen LogP contribution >= 0.6 is 0 Å². The first-order chi connectivity index (χ1) is 5.07. The first-order valence-corrected chi connectivity index (χ1v) is 3.41. The highest BCUT2D eigenvalue weighted by atomic mass is 16.3. The summed E-state index contributed by atoms with van der Waals surface area (Å²) in [4.78, 5) is 10.3. The van der Waals surface area contributed by atoms with E-state index in [0.717, 1.165) is 0 Å². The number of nitrogens with one attached hydrogen (secondary N) is 1. The molecule has 0 aliphatic heterocycles. The molecule has 0 spiro atoms. The van der Waals surface area contributed by atoms with Gasteiger partial charge in [0.25, 0.3) is 0 Å². The van der Waals surface area contributed by atoms with Crippen LogP contribution in [0.15, 0.2) is 12.7 Å². The van der Waals surface area contributed by atoms with Crippen molar-refractivity contribution in [2.75, 3.05) is 6.54 Å². The zero-order valence-corrected chi connectivity index (χ0v) is 6.58. The molecule has 0 saturated heterocycles. The molecule has 1 amide bonds. The van der Waals surface area contributed by atoms with Gasteiger partial charge in [-0.05, 0) is 6.92 Å². The standard InChI is InChI=1S/C7H14N2O2/c1-3-5(2)9-4-6(10)7(8)11/h3,5-6,9-10H,1,4H2,2H3,(H2,8,11). The Morgan fingerprint density at radius 1 is 1.91 bits per heavy atom. The highest BCUT2D eigenvalue weighted by molar-refractivity contribution is 5.78. The van der Waals surface area contributed by atoms with Gasteiger partial charge in [-0.1, -0.05) is 6.08 Å². The quantitative estimate of drug-likeness (QED) is 0.449. The number of carbonyl (C=O) groups is 1. The van der Waals surface area contributed by atoms with Crippen LogP contribution in [0.2, 0.25) is 0 Å². The SMILES string of the molecule is C=CC(C)NCC(O)C(N)=O. The Bertz CT molecular complexity index is 147. The molecular weight excluding hydrogens is 144 g/mol. The van der Waals surface area contributed by atoms with Crippen molar-refractivity contribution in [2.45, 2.75) is 19.1 Å². The summed E-state index contributed by atoms with van der Waals surface area (Å²) in [6, 6.07) is 0.0731. The summed E-state index contributed by atoms with van der Waals surface area (Å²) in [6.07, 6.45) is 0.561. The van der Waals surface area contributed by atoms with Gasteiger partial charge in [0.2, 0.25) is 5.91 Å². The Morgan fingerprint density at radius 2 is 2.45 bits per heavy atom. The van der Waals surface area contributed by atoms with Crippen LogP contribution in [-0.4, -0.2) is 29.7 Å². The van der Waals surface area contributed by atoms with Gasteiger partial charge in [0.05, 0.1) is 0 Å². The molecule has 4 N–H and O–H groups in total. The van der Waals surface area contributed by atoms with Crippen LogP contribution in [0.25, 0.3) is 0 Å². The lowest BCUT2D eigenvalue weighted by molar-refractivity contribution is -0.125. The molecule has 0 bridgehead atoms. The van der Waals surface area contributed by atoms with Crippen molar-refractivity contribution in [3.8, 4) is 0 Å². The number of rotatable bonds is 5. The van der Waals surface area contributed by atoms with Crippen LogP contribution in [0.1, 0.15) is 6.92 Å². The number of amides is 1. The molecule has 0 aromatic heterocycles. The fourth-order valence-electron chi connectivity index (χ4n) is 0.481. The average Bonchev–Trinajstić information content (AvgIpc) is 1.99. The maximum atomic E-state index is 10.3. The third-order valence-corrected chi connectivity index (χ3v) is 1.32. The van der Waals surface area contributed by atoms with Crippen LogP contribution in [-0.2, 0) is 4.79 Å². The molecule has 0 aromatic rings. The fourth-order valence-corrected chi connectivity index (χ4v) is 0.481. The lowest BCUT2D eigenvalue weighted by Crippen LogP contribution is -2.40. The molecule has 0 aliphatic carbocycles. The number of nitrogens with two attached hydrogens (primary N) is 1. The second kappa shape index (κ2) is 4.87. The molecule has 11 heavy (non-hydrogen) atoms. The largest absolute Gasteiger partial charge is 0.382 e. The smallest absolute Gasteiger partial charge is 0.247 e. The van der Waals surface area contributed by atoms with E-state index in [2.05, 4.69) is 11.9 Å². The molecule has 0 aliphatic rings. The zero-order chi connectivity index (χ0) is 8.85. The van der Waals surface area contributed by atoms with Crippen molar-refractivity contribution in [1.82, 2.24) is 5.32 Å². The second-order valence-electron chi connectivity index (χ2n) is 2.35. The van der Waals surface area contributed by atoms with Crippen LogP contribution in [0.3, 0.4) is 0 Å². The number of carbonyl (C=O) groups excluding carboxylic acids is 1. The van der Waals surface area contributed by atoms with Gasteiger partial charge in [-0.15, -0.1) is 6.58 Å². The minimum atomic E-state index is -1.11. The summed E-state index contributed by atoms with van der Waals surface area (Å²) in [6.45, 7) is 5.55. The molecule has 4 nitrogen and oxygen atoms in total. The van der Waals surface area contributed by atoms with E-state index in [4.69, 9.17) is 10.8 Å². The Labute approximate surface area is 66.1 Å². The molecule has 0 saturated carbocycles. The lowest BCUT2D eigenvalue weighted by atomic mass is 10.3. The van der Waals surface area contributed by atoms with Gasteiger partial charge in [0.15, 0.2) is 0 Å². The number of aliphatic hydroxyl groups is 1. The summed E-state index contributed by atoms with van der Waals surface area (Å²) in [5.41, 5.74) is 4.81. The average molecular weight is 158 g/mol. The molecule has 0 radical (unpaired) electrons. The van der Waals surface area contributed by atoms with E-state index in [1.807, 2.05) is 6.92 Å². The summed E-state index contributed by atoms with van der Waals surface area (Å²) in [7, 11) is 0. The highest BCUT2D eigenvalue weighted by Crippen LogP contribution is 1.83. The summed E-state index contributed by atoms with van der Waals surface area (Å²) in [5, 5.41) is 11.7. The third-order valence-electron chi connectivity index (χ3n) is 1.32. The molecule has 4 heteroatoms. The maximum absolute atomic E-state index is 10.3. The molecule has 0 rings (SSSR count). The van der Waals surface area contributed by atoms with Crippen molar-refractivity contribution in [3.05, 3.63) is 12.7 Å². The molecule has 0 aromatic carbocycles. The van der Waals surface area contributed by atoms with E-state index in [0.29, 0.717) is 0 Å². The zero-order valence-electron chi connectivity index (χ0n) is 6.58. The molecule has 0 fully saturated rings. The molecular formula is C7H14N2O2. The summed E-state index contributed by atoms with van der Waals surface area (Å²) < 4.78 is 0. The Hall–Kier alpha value is -0.870. The summed E-state index contributed by atoms with van der Waals surface area (Å²) in [5.74, 6) is -0.714. The van der Waals surface area contributed by atoms with Gasteiger partial charge in [0, 0.05) is 12.6 Å². The first-order valence-electron chi connectivity index (χ1n) is 3.41. The van der Waals surface area contributed by atoms with Crippen molar-refractivity contribution in [3.63, 3.8) is 0 Å². The number of aliphatic hydroxyl groups excluding tert-OH is 1. The van der Waals surface area contributed by atoms with Crippen LogP contribution < -0.4 is 11.1 Å². The van der Waals surface area contributed by atoms with Gasteiger partial charge in [-0.25, -0.2) is 0 Å². The van der Waals surface area contributed by atoms with Crippen LogP contribution in [0.5, 0.6) is 0 Å². The minimum Gasteiger partial charge on any atom is -0.382 e. The van der Waals surface area contributed by atoms with Crippen LogP contribution in [0, 0.1) is 0 Å². The first kappa shape index (κ1) is 10.1. The van der Waals surface area contributed by atoms with E-state index in [9.17, 15) is 4.79 Å².